The van der Waals surface area contributed by atoms with Gasteiger partial charge in [-0.15, -0.1) is 0 Å². The molecule has 0 radical (unpaired) electrons. The summed E-state index contributed by atoms with van der Waals surface area (Å²) in [6, 6.07) is 2.95. The lowest BCUT2D eigenvalue weighted by Crippen LogP contribution is -2.42. The molecule has 236 valence electrons. The molecule has 5 rings (SSSR count). The second kappa shape index (κ2) is 13.2. The van der Waals surface area contributed by atoms with Crippen molar-refractivity contribution in [1.82, 2.24) is 14.9 Å². The van der Waals surface area contributed by atoms with Crippen LogP contribution in [-0.4, -0.2) is 76.7 Å². The Morgan fingerprint density at radius 1 is 1.09 bits per heavy atom. The van der Waals surface area contributed by atoms with Gasteiger partial charge in [-0.1, -0.05) is 0 Å². The number of carbonyl (C=O) groups is 2. The van der Waals surface area contributed by atoms with Crippen molar-refractivity contribution in [2.45, 2.75) is 63.8 Å². The minimum absolute atomic E-state index is 0.00282. The Bertz CT molecular complexity index is 1320. The van der Waals surface area contributed by atoms with E-state index in [1.807, 2.05) is 16.7 Å². The van der Waals surface area contributed by atoms with Crippen LogP contribution in [0.3, 0.4) is 0 Å². The lowest BCUT2D eigenvalue weighted by Gasteiger charge is -2.37. The fourth-order valence-electron chi connectivity index (χ4n) is 4.87. The van der Waals surface area contributed by atoms with Gasteiger partial charge in [0.05, 0.1) is 24.0 Å². The van der Waals surface area contributed by atoms with Gasteiger partial charge >= 0.3 is 12.1 Å². The fraction of sp³-hybridized carbons (Fsp3) is 0.556. The fourth-order valence-corrected chi connectivity index (χ4v) is 4.87. The standard InChI is InChI=1S/C25H29F4N5O2.C2HF3O2/c1-14-22-19(8-11-34(14)25(35)15-2-3-15)31-23(30-13-21(28)29)24(32-22)33-9-6-17(7-10-33)36-20-5-4-16(26)12-18(20)27;3-2(4,5)1(6)7/h4-5,12,14-15,17,21H,2-3,6-11,13H2,1H3,(H,30,31);(H,6,7). The number of fused-ring (bicyclic) bond motifs is 1. The van der Waals surface area contributed by atoms with Gasteiger partial charge in [-0.3, -0.25) is 4.79 Å². The first-order valence-electron chi connectivity index (χ1n) is 13.6. The van der Waals surface area contributed by atoms with E-state index in [0.717, 1.165) is 25.0 Å². The van der Waals surface area contributed by atoms with Gasteiger partial charge < -0.3 is 25.0 Å². The number of carboxylic acids is 1. The zero-order valence-corrected chi connectivity index (χ0v) is 23.0. The molecule has 1 atom stereocenters. The van der Waals surface area contributed by atoms with Crippen molar-refractivity contribution in [3.63, 3.8) is 0 Å². The van der Waals surface area contributed by atoms with Crippen LogP contribution in [-0.2, 0) is 16.0 Å². The first-order valence-corrected chi connectivity index (χ1v) is 13.6. The molecule has 1 aromatic carbocycles. The summed E-state index contributed by atoms with van der Waals surface area (Å²) in [5.74, 6) is -3.18. The Morgan fingerprint density at radius 2 is 1.74 bits per heavy atom. The van der Waals surface area contributed by atoms with Crippen LogP contribution in [0.15, 0.2) is 18.2 Å². The molecule has 1 aromatic heterocycles. The van der Waals surface area contributed by atoms with Crippen molar-refractivity contribution in [3.05, 3.63) is 41.2 Å². The predicted molar refractivity (Wildman–Crippen MR) is 139 cm³/mol. The highest BCUT2D eigenvalue weighted by Crippen LogP contribution is 2.38. The van der Waals surface area contributed by atoms with Crippen LogP contribution >= 0.6 is 0 Å². The van der Waals surface area contributed by atoms with E-state index in [-0.39, 0.29) is 29.7 Å². The molecule has 43 heavy (non-hydrogen) atoms. The average molecular weight is 622 g/mol. The molecular formula is C27H30F7N5O4. The number of alkyl halides is 5. The Kier molecular flexibility index (Phi) is 9.85. The molecule has 9 nitrogen and oxygen atoms in total. The molecular weight excluding hydrogens is 591 g/mol. The molecule has 2 fully saturated rings. The van der Waals surface area contributed by atoms with E-state index in [2.05, 4.69) is 10.3 Å². The summed E-state index contributed by atoms with van der Waals surface area (Å²) < 4.78 is 90.7. The molecule has 2 N–H and O–H groups in total. The molecule has 2 aliphatic heterocycles. The summed E-state index contributed by atoms with van der Waals surface area (Å²) in [7, 11) is 0. The maximum absolute atomic E-state index is 14.0. The van der Waals surface area contributed by atoms with Gasteiger partial charge in [-0.25, -0.2) is 32.3 Å². The quantitative estimate of drug-likeness (QED) is 0.418. The van der Waals surface area contributed by atoms with Crippen LogP contribution in [0.25, 0.3) is 0 Å². The number of nitrogens with one attached hydrogen (secondary N) is 1. The number of carboxylic acid groups (broad SMARTS) is 1. The summed E-state index contributed by atoms with van der Waals surface area (Å²) in [6.07, 6.45) is -4.49. The van der Waals surface area contributed by atoms with Gasteiger partial charge in [-0.05, 0) is 31.9 Å². The van der Waals surface area contributed by atoms with Crippen LogP contribution in [0.1, 0.15) is 50.0 Å². The number of anilines is 2. The minimum atomic E-state index is -5.08. The van der Waals surface area contributed by atoms with E-state index < -0.39 is 36.8 Å². The van der Waals surface area contributed by atoms with Crippen LogP contribution < -0.4 is 15.0 Å². The highest BCUT2D eigenvalue weighted by Gasteiger charge is 2.39. The normalized spacial score (nSPS) is 19.0. The molecule has 16 heteroatoms. The highest BCUT2D eigenvalue weighted by molar-refractivity contribution is 5.81. The van der Waals surface area contributed by atoms with Gasteiger partial charge in [0.1, 0.15) is 11.9 Å². The smallest absolute Gasteiger partial charge is 0.487 e. The average Bonchev–Trinajstić information content (AvgIpc) is 3.79. The molecule has 3 aliphatic rings. The molecule has 0 spiro atoms. The number of nitrogens with zero attached hydrogens (tertiary/aromatic N) is 4. The van der Waals surface area contributed by atoms with Crippen LogP contribution in [0.4, 0.5) is 42.4 Å². The van der Waals surface area contributed by atoms with Crippen molar-refractivity contribution in [2.75, 3.05) is 36.4 Å². The first kappa shape index (κ1) is 32.1. The third-order valence-electron chi connectivity index (χ3n) is 7.24. The Balaban J connectivity index is 0.000000541. The third-order valence-corrected chi connectivity index (χ3v) is 7.24. The lowest BCUT2D eigenvalue weighted by molar-refractivity contribution is -0.192. The number of carbonyl (C=O) groups excluding carboxylic acids is 1. The number of amides is 1. The van der Waals surface area contributed by atoms with E-state index in [0.29, 0.717) is 61.9 Å². The van der Waals surface area contributed by atoms with Crippen molar-refractivity contribution in [2.24, 2.45) is 5.92 Å². The predicted octanol–water partition coefficient (Wildman–Crippen LogP) is 4.97. The molecule has 2 aromatic rings. The number of ether oxygens (including phenoxy) is 1. The molecule has 1 saturated carbocycles. The Hall–Kier alpha value is -3.85. The van der Waals surface area contributed by atoms with Crippen molar-refractivity contribution in [3.8, 4) is 5.75 Å². The van der Waals surface area contributed by atoms with Gasteiger partial charge in [-0.2, -0.15) is 13.2 Å². The highest BCUT2D eigenvalue weighted by atomic mass is 19.4. The van der Waals surface area contributed by atoms with Crippen molar-refractivity contribution < 1.29 is 50.2 Å². The summed E-state index contributed by atoms with van der Waals surface area (Å²) in [5, 5.41) is 9.86. The lowest BCUT2D eigenvalue weighted by atomic mass is 10.0. The molecule has 0 bridgehead atoms. The Morgan fingerprint density at radius 3 is 2.30 bits per heavy atom. The van der Waals surface area contributed by atoms with E-state index in [1.54, 1.807) is 0 Å². The van der Waals surface area contributed by atoms with Crippen LogP contribution in [0.2, 0.25) is 0 Å². The van der Waals surface area contributed by atoms with Crippen LogP contribution in [0, 0.1) is 17.6 Å². The van der Waals surface area contributed by atoms with Gasteiger partial charge in [0.15, 0.2) is 23.2 Å². The second-order valence-corrected chi connectivity index (χ2v) is 10.4. The van der Waals surface area contributed by atoms with Gasteiger partial charge in [0.25, 0.3) is 6.43 Å². The maximum Gasteiger partial charge on any atom is 0.490 e. The number of benzene rings is 1. The molecule has 1 aliphatic carbocycles. The number of aliphatic carboxylic acids is 1. The summed E-state index contributed by atoms with van der Waals surface area (Å²) in [6.45, 7) is 2.90. The number of halogens is 7. The number of hydrogen-bond donors (Lipinski definition) is 2. The summed E-state index contributed by atoms with van der Waals surface area (Å²) >= 11 is 0. The van der Waals surface area contributed by atoms with E-state index >= 15 is 0 Å². The molecule has 1 saturated heterocycles. The van der Waals surface area contributed by atoms with Crippen molar-refractivity contribution in [1.29, 1.82) is 0 Å². The number of rotatable bonds is 7. The molecule has 1 amide bonds. The number of hydrogen-bond acceptors (Lipinski definition) is 7. The zero-order valence-electron chi connectivity index (χ0n) is 23.0. The van der Waals surface area contributed by atoms with E-state index in [1.165, 1.54) is 6.07 Å². The Labute approximate surface area is 242 Å². The van der Waals surface area contributed by atoms with Crippen molar-refractivity contribution >= 4 is 23.5 Å². The summed E-state index contributed by atoms with van der Waals surface area (Å²) in [5.41, 5.74) is 1.41. The monoisotopic (exact) mass is 621 g/mol. The second-order valence-electron chi connectivity index (χ2n) is 10.4. The minimum Gasteiger partial charge on any atom is -0.487 e. The molecule has 3 heterocycles. The number of aromatic nitrogens is 2. The molecule has 1 unspecified atom stereocenters. The largest absolute Gasteiger partial charge is 0.490 e. The first-order chi connectivity index (χ1) is 20.2. The third kappa shape index (κ3) is 8.16. The zero-order chi connectivity index (χ0) is 31.5. The SMILES string of the molecule is CC1c2nc(N3CCC(Oc4ccc(F)cc4F)CC3)c(NCC(F)F)nc2CCN1C(=O)C1CC1.O=C(O)C(F)(F)F. The number of piperidine rings is 1. The topological polar surface area (TPSA) is 108 Å². The van der Waals surface area contributed by atoms with Crippen LogP contribution in [0.5, 0.6) is 5.75 Å². The summed E-state index contributed by atoms with van der Waals surface area (Å²) in [4.78, 5) is 35.0. The van der Waals surface area contributed by atoms with Gasteiger partial charge in [0, 0.05) is 50.9 Å². The van der Waals surface area contributed by atoms with E-state index in [9.17, 15) is 35.5 Å². The van der Waals surface area contributed by atoms with E-state index in [4.69, 9.17) is 19.6 Å². The maximum atomic E-state index is 14.0. The van der Waals surface area contributed by atoms with Gasteiger partial charge in [0.2, 0.25) is 5.91 Å².